The van der Waals surface area contributed by atoms with Gasteiger partial charge in [-0.05, 0) is 38.9 Å². The predicted molar refractivity (Wildman–Crippen MR) is 88.2 cm³/mol. The van der Waals surface area contributed by atoms with E-state index in [1.807, 2.05) is 7.05 Å². The van der Waals surface area contributed by atoms with Crippen molar-refractivity contribution in [1.29, 1.82) is 0 Å². The molecule has 7 nitrogen and oxygen atoms in total. The number of rotatable bonds is 4. The highest BCUT2D eigenvalue weighted by atomic mass is 16.2. The van der Waals surface area contributed by atoms with E-state index in [2.05, 4.69) is 27.2 Å². The van der Waals surface area contributed by atoms with E-state index in [0.29, 0.717) is 22.8 Å². The van der Waals surface area contributed by atoms with E-state index in [1.165, 1.54) is 19.3 Å². The zero-order valence-electron chi connectivity index (χ0n) is 14.1. The first-order chi connectivity index (χ1) is 11.1. The molecule has 0 radical (unpaired) electrons. The Balaban J connectivity index is 1.63. The lowest BCUT2D eigenvalue weighted by atomic mass is 10.00. The molecule has 3 rings (SSSR count). The van der Waals surface area contributed by atoms with Crippen LogP contribution in [0.2, 0.25) is 0 Å². The molecule has 1 atom stereocenters. The van der Waals surface area contributed by atoms with Gasteiger partial charge in [-0.25, -0.2) is 9.67 Å². The second kappa shape index (κ2) is 6.62. The van der Waals surface area contributed by atoms with Gasteiger partial charge in [-0.2, -0.15) is 0 Å². The lowest BCUT2D eigenvalue weighted by molar-refractivity contribution is 0.0770. The van der Waals surface area contributed by atoms with Gasteiger partial charge < -0.3 is 9.80 Å². The van der Waals surface area contributed by atoms with E-state index in [4.69, 9.17) is 0 Å². The third-order valence-electron chi connectivity index (χ3n) is 4.75. The molecule has 2 aromatic rings. The van der Waals surface area contributed by atoms with Crippen molar-refractivity contribution in [2.45, 2.75) is 31.7 Å². The average Bonchev–Trinajstić information content (AvgIpc) is 2.94. The summed E-state index contributed by atoms with van der Waals surface area (Å²) >= 11 is 0. The summed E-state index contributed by atoms with van der Waals surface area (Å²) in [5.41, 5.74) is 1.91. The minimum Gasteiger partial charge on any atom is -0.342 e. The maximum absolute atomic E-state index is 12.6. The Kier molecular flexibility index (Phi) is 4.56. The fraction of sp³-hybridized carbons (Fsp3) is 0.625. The molecule has 0 bridgehead atoms. The molecule has 2 aromatic heterocycles. The van der Waals surface area contributed by atoms with Crippen LogP contribution < -0.4 is 0 Å². The van der Waals surface area contributed by atoms with Crippen LogP contribution >= 0.6 is 0 Å². The van der Waals surface area contributed by atoms with Crippen molar-refractivity contribution in [3.8, 4) is 0 Å². The van der Waals surface area contributed by atoms with Crippen molar-refractivity contribution in [3.05, 3.63) is 17.8 Å². The summed E-state index contributed by atoms with van der Waals surface area (Å²) in [5, 5.41) is 7.94. The van der Waals surface area contributed by atoms with Gasteiger partial charge in [0.2, 0.25) is 0 Å². The Hall–Kier alpha value is -2.02. The lowest BCUT2D eigenvalue weighted by Gasteiger charge is -2.33. The third kappa shape index (κ3) is 3.34. The second-order valence-corrected chi connectivity index (χ2v) is 6.43. The number of hydrogen-bond donors (Lipinski definition) is 0. The molecular formula is C16H24N6O. The van der Waals surface area contributed by atoms with Gasteiger partial charge in [0, 0.05) is 32.9 Å². The highest BCUT2D eigenvalue weighted by Gasteiger charge is 2.21. The van der Waals surface area contributed by atoms with Crippen LogP contribution in [-0.2, 0) is 7.05 Å². The number of fused-ring (bicyclic) bond motifs is 1. The molecule has 0 aliphatic carbocycles. The van der Waals surface area contributed by atoms with E-state index in [-0.39, 0.29) is 5.91 Å². The van der Waals surface area contributed by atoms with Gasteiger partial charge in [-0.15, -0.1) is 5.10 Å². The van der Waals surface area contributed by atoms with E-state index in [0.717, 1.165) is 19.5 Å². The van der Waals surface area contributed by atoms with Crippen LogP contribution in [0.1, 0.15) is 36.0 Å². The van der Waals surface area contributed by atoms with Crippen molar-refractivity contribution in [2.24, 2.45) is 7.05 Å². The highest BCUT2D eigenvalue weighted by Crippen LogP contribution is 2.18. The number of nitrogens with zero attached hydrogens (tertiary/aromatic N) is 6. The van der Waals surface area contributed by atoms with Crippen LogP contribution in [-0.4, -0.2) is 68.9 Å². The number of pyridine rings is 1. The molecule has 0 saturated carbocycles. The Morgan fingerprint density at radius 1 is 1.39 bits per heavy atom. The van der Waals surface area contributed by atoms with E-state index < -0.39 is 0 Å². The molecule has 124 valence electrons. The number of carbonyl (C=O) groups excluding carboxylic acids is 1. The standard InChI is InChI=1S/C16H24N6O/c1-20-8-5-4-6-13(20)7-9-21(2)16(23)12-10-14-15(17-11-12)22(3)19-18-14/h10-11,13H,4-9H2,1-3H3. The fourth-order valence-corrected chi connectivity index (χ4v) is 3.22. The zero-order chi connectivity index (χ0) is 16.4. The van der Waals surface area contributed by atoms with E-state index in [9.17, 15) is 4.79 Å². The molecule has 7 heteroatoms. The second-order valence-electron chi connectivity index (χ2n) is 6.43. The van der Waals surface area contributed by atoms with Gasteiger partial charge in [-0.3, -0.25) is 4.79 Å². The van der Waals surface area contributed by atoms with Crippen molar-refractivity contribution >= 4 is 17.1 Å². The molecule has 3 heterocycles. The minimum absolute atomic E-state index is 0.0106. The van der Waals surface area contributed by atoms with Crippen molar-refractivity contribution < 1.29 is 4.79 Å². The van der Waals surface area contributed by atoms with Crippen LogP contribution in [0.3, 0.4) is 0 Å². The molecule has 1 fully saturated rings. The van der Waals surface area contributed by atoms with Crippen molar-refractivity contribution in [3.63, 3.8) is 0 Å². The number of piperidine rings is 1. The topological polar surface area (TPSA) is 67.2 Å². The monoisotopic (exact) mass is 316 g/mol. The summed E-state index contributed by atoms with van der Waals surface area (Å²) in [6, 6.07) is 2.35. The van der Waals surface area contributed by atoms with Crippen LogP contribution in [0.5, 0.6) is 0 Å². The Morgan fingerprint density at radius 3 is 3.00 bits per heavy atom. The number of hydrogen-bond acceptors (Lipinski definition) is 5. The van der Waals surface area contributed by atoms with Crippen molar-refractivity contribution in [1.82, 2.24) is 29.8 Å². The predicted octanol–water partition coefficient (Wildman–Crippen LogP) is 1.31. The summed E-state index contributed by atoms with van der Waals surface area (Å²) in [5.74, 6) is -0.0106. The van der Waals surface area contributed by atoms with Crippen LogP contribution in [0.25, 0.3) is 11.2 Å². The molecule has 1 saturated heterocycles. The summed E-state index contributed by atoms with van der Waals surface area (Å²) < 4.78 is 1.60. The van der Waals surface area contributed by atoms with Crippen LogP contribution in [0.4, 0.5) is 0 Å². The third-order valence-corrected chi connectivity index (χ3v) is 4.75. The zero-order valence-corrected chi connectivity index (χ0v) is 14.1. The van der Waals surface area contributed by atoms with Crippen LogP contribution in [0.15, 0.2) is 12.3 Å². The average molecular weight is 316 g/mol. The molecule has 1 amide bonds. The molecule has 0 aromatic carbocycles. The Labute approximate surface area is 136 Å². The lowest BCUT2D eigenvalue weighted by Crippen LogP contribution is -2.39. The van der Waals surface area contributed by atoms with E-state index >= 15 is 0 Å². The summed E-state index contributed by atoms with van der Waals surface area (Å²) in [6.07, 6.45) is 6.42. The first-order valence-corrected chi connectivity index (χ1v) is 8.17. The maximum Gasteiger partial charge on any atom is 0.255 e. The first-order valence-electron chi connectivity index (χ1n) is 8.17. The van der Waals surface area contributed by atoms with Crippen molar-refractivity contribution in [2.75, 3.05) is 27.2 Å². The first kappa shape index (κ1) is 15.9. The quantitative estimate of drug-likeness (QED) is 0.851. The fourth-order valence-electron chi connectivity index (χ4n) is 3.22. The van der Waals surface area contributed by atoms with E-state index in [1.54, 1.807) is 28.9 Å². The molecule has 1 unspecified atom stereocenters. The molecule has 23 heavy (non-hydrogen) atoms. The number of amides is 1. The minimum atomic E-state index is -0.0106. The van der Waals surface area contributed by atoms with Gasteiger partial charge >= 0.3 is 0 Å². The summed E-state index contributed by atoms with van der Waals surface area (Å²) in [6.45, 7) is 1.92. The molecule has 0 spiro atoms. The van der Waals surface area contributed by atoms with Crippen LogP contribution in [0, 0.1) is 0 Å². The largest absolute Gasteiger partial charge is 0.342 e. The maximum atomic E-state index is 12.6. The Morgan fingerprint density at radius 2 is 2.22 bits per heavy atom. The number of aryl methyl sites for hydroxylation is 1. The number of carbonyl (C=O) groups is 1. The number of likely N-dealkylation sites (tertiary alicyclic amines) is 1. The molecule has 1 aliphatic heterocycles. The van der Waals surface area contributed by atoms with Gasteiger partial charge in [-0.1, -0.05) is 11.6 Å². The van der Waals surface area contributed by atoms with Gasteiger partial charge in [0.05, 0.1) is 5.56 Å². The normalized spacial score (nSPS) is 19.2. The molecule has 0 N–H and O–H groups in total. The van der Waals surface area contributed by atoms with Gasteiger partial charge in [0.25, 0.3) is 5.91 Å². The highest BCUT2D eigenvalue weighted by molar-refractivity contribution is 5.96. The van der Waals surface area contributed by atoms with Gasteiger partial charge in [0.1, 0.15) is 5.52 Å². The smallest absolute Gasteiger partial charge is 0.255 e. The Bertz CT molecular complexity index is 697. The molecule has 1 aliphatic rings. The number of aromatic nitrogens is 4. The summed E-state index contributed by atoms with van der Waals surface area (Å²) in [4.78, 5) is 21.0. The summed E-state index contributed by atoms with van der Waals surface area (Å²) in [7, 11) is 5.82. The molecular weight excluding hydrogens is 292 g/mol. The SMILES string of the molecule is CN(CCC1CCCCN1C)C(=O)c1cnc2c(c1)nnn2C. The van der Waals surface area contributed by atoms with Gasteiger partial charge in [0.15, 0.2) is 5.65 Å².